The number of hydrogen-bond donors (Lipinski definition) is 2. The Labute approximate surface area is 163 Å². The molecule has 1 aliphatic rings. The van der Waals surface area contributed by atoms with Gasteiger partial charge in [0.1, 0.15) is 5.75 Å². The second kappa shape index (κ2) is 9.01. The number of rotatable bonds is 6. The number of piperazine rings is 1. The minimum Gasteiger partial charge on any atom is -0.435 e. The van der Waals surface area contributed by atoms with E-state index >= 15 is 0 Å². The van der Waals surface area contributed by atoms with Gasteiger partial charge in [-0.05, 0) is 55.3 Å². The Morgan fingerprint density at radius 1 is 1.14 bits per heavy atom. The van der Waals surface area contributed by atoms with Crippen LogP contribution in [0.4, 0.5) is 20.2 Å². The lowest BCUT2D eigenvalue weighted by molar-refractivity contribution is -0.892. The summed E-state index contributed by atoms with van der Waals surface area (Å²) < 4.78 is 28.6. The van der Waals surface area contributed by atoms with Crippen LogP contribution < -0.4 is 19.9 Å². The second-order valence-corrected chi connectivity index (χ2v) is 7.08. The number of hydrogen-bond acceptors (Lipinski definition) is 3. The Hall–Kier alpha value is -2.67. The summed E-state index contributed by atoms with van der Waals surface area (Å²) in [6, 6.07) is 12.3. The SMILES string of the molecule is Cc1cccc(N2CC[NH+](CC(=O)Nc3ccc(OC(F)F)cc3)CC2)c1C. The summed E-state index contributed by atoms with van der Waals surface area (Å²) in [5.41, 5.74) is 4.44. The van der Waals surface area contributed by atoms with Gasteiger partial charge in [-0.3, -0.25) is 4.79 Å². The fourth-order valence-electron chi connectivity index (χ4n) is 3.47. The first-order valence-electron chi connectivity index (χ1n) is 9.42. The number of nitrogens with zero attached hydrogens (tertiary/aromatic N) is 1. The standard InChI is InChI=1S/C21H25F2N3O2/c1-15-4-3-5-19(16(15)2)26-12-10-25(11-13-26)14-20(27)24-17-6-8-18(9-7-17)28-21(22)23/h3-9,21H,10-14H2,1-2H3,(H,24,27)/p+1. The molecule has 1 fully saturated rings. The summed E-state index contributed by atoms with van der Waals surface area (Å²) in [7, 11) is 0. The lowest BCUT2D eigenvalue weighted by atomic mass is 10.1. The molecule has 7 heteroatoms. The van der Waals surface area contributed by atoms with E-state index in [2.05, 4.69) is 47.0 Å². The van der Waals surface area contributed by atoms with Crippen LogP contribution in [0, 0.1) is 13.8 Å². The maximum atomic E-state index is 12.3. The van der Waals surface area contributed by atoms with Crippen LogP contribution in [-0.4, -0.2) is 45.2 Å². The number of nitrogens with one attached hydrogen (secondary N) is 2. The van der Waals surface area contributed by atoms with Crippen molar-refractivity contribution in [2.75, 3.05) is 42.9 Å². The monoisotopic (exact) mass is 390 g/mol. The van der Waals surface area contributed by atoms with E-state index in [0.717, 1.165) is 26.2 Å². The number of amides is 1. The molecule has 0 radical (unpaired) electrons. The number of alkyl halides is 2. The van der Waals surface area contributed by atoms with E-state index in [1.165, 1.54) is 33.8 Å². The van der Waals surface area contributed by atoms with Crippen molar-refractivity contribution in [1.82, 2.24) is 0 Å². The maximum absolute atomic E-state index is 12.3. The minimum absolute atomic E-state index is 0.0705. The van der Waals surface area contributed by atoms with Crippen molar-refractivity contribution in [3.63, 3.8) is 0 Å². The largest absolute Gasteiger partial charge is 0.435 e. The molecule has 150 valence electrons. The van der Waals surface area contributed by atoms with E-state index in [0.29, 0.717) is 12.2 Å². The van der Waals surface area contributed by atoms with Crippen LogP contribution in [0.15, 0.2) is 42.5 Å². The summed E-state index contributed by atoms with van der Waals surface area (Å²) in [6.07, 6.45) is 0. The zero-order valence-electron chi connectivity index (χ0n) is 16.2. The number of anilines is 2. The normalized spacial score (nSPS) is 15.0. The summed E-state index contributed by atoms with van der Waals surface area (Å²) in [4.78, 5) is 15.9. The molecular weight excluding hydrogens is 364 g/mol. The molecule has 0 saturated carbocycles. The van der Waals surface area contributed by atoms with E-state index in [1.54, 1.807) is 12.1 Å². The predicted octanol–water partition coefficient (Wildman–Crippen LogP) is 2.25. The molecule has 28 heavy (non-hydrogen) atoms. The van der Waals surface area contributed by atoms with Crippen LogP contribution in [0.1, 0.15) is 11.1 Å². The number of halogens is 2. The Kier molecular flexibility index (Phi) is 6.46. The molecule has 0 aromatic heterocycles. The molecule has 2 aromatic rings. The molecular formula is C21H26F2N3O2+. The summed E-state index contributed by atoms with van der Waals surface area (Å²) >= 11 is 0. The molecule has 0 unspecified atom stereocenters. The van der Waals surface area contributed by atoms with Crippen molar-refractivity contribution < 1.29 is 23.2 Å². The molecule has 1 heterocycles. The molecule has 2 N–H and O–H groups in total. The summed E-state index contributed by atoms with van der Waals surface area (Å²) in [5.74, 6) is -0.0149. The number of quaternary nitrogens is 1. The highest BCUT2D eigenvalue weighted by molar-refractivity contribution is 5.91. The van der Waals surface area contributed by atoms with Gasteiger partial charge in [-0.1, -0.05) is 12.1 Å². The van der Waals surface area contributed by atoms with Crippen LogP contribution in [0.25, 0.3) is 0 Å². The first kappa shape index (κ1) is 20.1. The average molecular weight is 390 g/mol. The smallest absolute Gasteiger partial charge is 0.387 e. The number of carbonyl (C=O) groups is 1. The van der Waals surface area contributed by atoms with Crippen molar-refractivity contribution in [3.05, 3.63) is 53.6 Å². The topological polar surface area (TPSA) is 46.0 Å². The first-order valence-corrected chi connectivity index (χ1v) is 9.42. The third-order valence-electron chi connectivity index (χ3n) is 5.16. The molecule has 5 nitrogen and oxygen atoms in total. The second-order valence-electron chi connectivity index (χ2n) is 7.08. The molecule has 0 spiro atoms. The predicted molar refractivity (Wildman–Crippen MR) is 105 cm³/mol. The Morgan fingerprint density at radius 3 is 2.46 bits per heavy atom. The Morgan fingerprint density at radius 2 is 1.82 bits per heavy atom. The maximum Gasteiger partial charge on any atom is 0.387 e. The van der Waals surface area contributed by atoms with E-state index in [9.17, 15) is 13.6 Å². The summed E-state index contributed by atoms with van der Waals surface area (Å²) in [5, 5.41) is 2.81. The number of aryl methyl sites for hydroxylation is 1. The van der Waals surface area contributed by atoms with Crippen LogP contribution in [0.5, 0.6) is 5.75 Å². The van der Waals surface area contributed by atoms with Gasteiger partial charge >= 0.3 is 6.61 Å². The average Bonchev–Trinajstić information content (AvgIpc) is 2.66. The molecule has 2 aromatic carbocycles. The number of ether oxygens (including phenoxy) is 1. The molecule has 1 aliphatic heterocycles. The van der Waals surface area contributed by atoms with E-state index in [1.807, 2.05) is 0 Å². The lowest BCUT2D eigenvalue weighted by Gasteiger charge is -2.34. The van der Waals surface area contributed by atoms with Crippen LogP contribution in [-0.2, 0) is 4.79 Å². The molecule has 0 atom stereocenters. The van der Waals surface area contributed by atoms with Gasteiger partial charge in [0.05, 0.1) is 26.2 Å². The minimum atomic E-state index is -2.86. The van der Waals surface area contributed by atoms with Crippen LogP contribution in [0.3, 0.4) is 0 Å². The molecule has 0 bridgehead atoms. The fourth-order valence-corrected chi connectivity index (χ4v) is 3.47. The highest BCUT2D eigenvalue weighted by Gasteiger charge is 2.23. The Bertz CT molecular complexity index is 804. The zero-order chi connectivity index (χ0) is 20.1. The van der Waals surface area contributed by atoms with Gasteiger partial charge in [0, 0.05) is 11.4 Å². The highest BCUT2D eigenvalue weighted by Crippen LogP contribution is 2.22. The van der Waals surface area contributed by atoms with Gasteiger partial charge in [-0.15, -0.1) is 0 Å². The first-order chi connectivity index (χ1) is 13.4. The van der Waals surface area contributed by atoms with Gasteiger partial charge in [-0.25, -0.2) is 0 Å². The van der Waals surface area contributed by atoms with E-state index < -0.39 is 6.61 Å². The van der Waals surface area contributed by atoms with Gasteiger partial charge in [-0.2, -0.15) is 8.78 Å². The van der Waals surface area contributed by atoms with Crippen molar-refractivity contribution in [1.29, 1.82) is 0 Å². The van der Waals surface area contributed by atoms with Crippen molar-refractivity contribution in [2.45, 2.75) is 20.5 Å². The molecule has 1 amide bonds. The van der Waals surface area contributed by atoms with Gasteiger partial charge < -0.3 is 19.9 Å². The fraction of sp³-hybridized carbons (Fsp3) is 0.381. The Balaban J connectivity index is 1.48. The quantitative estimate of drug-likeness (QED) is 0.795. The van der Waals surface area contributed by atoms with E-state index in [-0.39, 0.29) is 11.7 Å². The molecule has 0 aliphatic carbocycles. The van der Waals surface area contributed by atoms with Crippen LogP contribution >= 0.6 is 0 Å². The van der Waals surface area contributed by atoms with Gasteiger partial charge in [0.25, 0.3) is 5.91 Å². The lowest BCUT2D eigenvalue weighted by Crippen LogP contribution is -3.15. The van der Waals surface area contributed by atoms with Crippen molar-refractivity contribution >= 4 is 17.3 Å². The molecule has 3 rings (SSSR count). The van der Waals surface area contributed by atoms with Crippen molar-refractivity contribution in [3.8, 4) is 5.75 Å². The van der Waals surface area contributed by atoms with Gasteiger partial charge in [0.2, 0.25) is 0 Å². The van der Waals surface area contributed by atoms with E-state index in [4.69, 9.17) is 0 Å². The number of carbonyl (C=O) groups excluding carboxylic acids is 1. The van der Waals surface area contributed by atoms with Crippen LogP contribution in [0.2, 0.25) is 0 Å². The van der Waals surface area contributed by atoms with Gasteiger partial charge in [0.15, 0.2) is 6.54 Å². The molecule has 1 saturated heterocycles. The number of benzene rings is 2. The van der Waals surface area contributed by atoms with Crippen molar-refractivity contribution in [2.24, 2.45) is 0 Å². The highest BCUT2D eigenvalue weighted by atomic mass is 19.3. The zero-order valence-corrected chi connectivity index (χ0v) is 16.2. The third kappa shape index (κ3) is 5.19. The third-order valence-corrected chi connectivity index (χ3v) is 5.16. The summed E-state index contributed by atoms with van der Waals surface area (Å²) in [6.45, 7) is 5.40.